The summed E-state index contributed by atoms with van der Waals surface area (Å²) in [6, 6.07) is 3.95. The van der Waals surface area contributed by atoms with Crippen molar-refractivity contribution in [3.63, 3.8) is 0 Å². The highest BCUT2D eigenvalue weighted by atomic mass is 19.4. The molecule has 0 N–H and O–H groups in total. The van der Waals surface area contributed by atoms with Crippen LogP contribution in [0.3, 0.4) is 0 Å². The van der Waals surface area contributed by atoms with E-state index in [2.05, 4.69) is 4.74 Å². The molecule has 0 saturated heterocycles. The maximum Gasteiger partial charge on any atom is 0.420 e. The Bertz CT molecular complexity index is 397. The summed E-state index contributed by atoms with van der Waals surface area (Å²) in [4.78, 5) is 10.7. The molecule has 0 aliphatic carbocycles. The second-order valence-corrected chi connectivity index (χ2v) is 3.24. The highest BCUT2D eigenvalue weighted by Crippen LogP contribution is 2.38. The Hall–Kier alpha value is -1.52. The van der Waals surface area contributed by atoms with E-state index < -0.39 is 23.5 Å². The van der Waals surface area contributed by atoms with Gasteiger partial charge in [-0.05, 0) is 18.1 Å². The number of carbonyl (C=O) groups is 1. The van der Waals surface area contributed by atoms with Crippen LogP contribution in [-0.2, 0) is 17.4 Å². The fraction of sp³-hybridized carbons (Fsp3) is 0.364. The molecule has 2 nitrogen and oxygen atoms in total. The summed E-state index contributed by atoms with van der Waals surface area (Å²) in [6.45, 7) is 2.68. The zero-order chi connectivity index (χ0) is 12.3. The molecule has 0 heterocycles. The second kappa shape index (κ2) is 4.55. The molecule has 0 atom stereocenters. The molecule has 16 heavy (non-hydrogen) atoms. The molecule has 0 aliphatic rings. The smallest absolute Gasteiger partial charge is 0.420 e. The van der Waals surface area contributed by atoms with E-state index in [9.17, 15) is 18.0 Å². The number of rotatable bonds is 2. The fourth-order valence-corrected chi connectivity index (χ4v) is 1.43. The summed E-state index contributed by atoms with van der Waals surface area (Å²) in [5, 5.41) is 0. The summed E-state index contributed by atoms with van der Waals surface area (Å²) in [6.07, 6.45) is -4.29. The van der Waals surface area contributed by atoms with E-state index in [1.165, 1.54) is 12.1 Å². The average Bonchev–Trinajstić information content (AvgIpc) is 2.14. The summed E-state index contributed by atoms with van der Waals surface area (Å²) < 4.78 is 42.8. The van der Waals surface area contributed by atoms with Crippen molar-refractivity contribution < 1.29 is 22.7 Å². The Morgan fingerprint density at radius 3 is 2.44 bits per heavy atom. The molecule has 0 unspecified atom stereocenters. The third-order valence-corrected chi connectivity index (χ3v) is 2.03. The molecule has 0 fully saturated rings. The van der Waals surface area contributed by atoms with Gasteiger partial charge in [0.25, 0.3) is 0 Å². The van der Waals surface area contributed by atoms with Crippen LogP contribution in [0.5, 0.6) is 5.75 Å². The quantitative estimate of drug-likeness (QED) is 0.578. The van der Waals surface area contributed by atoms with Crippen molar-refractivity contribution in [2.45, 2.75) is 26.4 Å². The van der Waals surface area contributed by atoms with Crippen LogP contribution in [0.25, 0.3) is 0 Å². The van der Waals surface area contributed by atoms with E-state index in [0.29, 0.717) is 0 Å². The predicted octanol–water partition coefficient (Wildman–Crippen LogP) is 3.19. The van der Waals surface area contributed by atoms with Crippen LogP contribution in [0.4, 0.5) is 13.2 Å². The van der Waals surface area contributed by atoms with Crippen molar-refractivity contribution >= 4 is 5.97 Å². The average molecular weight is 232 g/mol. The SMILES string of the molecule is CCc1cccc(OC(C)=O)c1C(F)(F)F. The lowest BCUT2D eigenvalue weighted by atomic mass is 10.0. The maximum absolute atomic E-state index is 12.8. The van der Waals surface area contributed by atoms with Gasteiger partial charge in [-0.15, -0.1) is 0 Å². The number of benzene rings is 1. The summed E-state index contributed by atoms with van der Waals surface area (Å²) in [7, 11) is 0. The Morgan fingerprint density at radius 2 is 2.00 bits per heavy atom. The normalized spacial score (nSPS) is 11.3. The van der Waals surface area contributed by atoms with Crippen LogP contribution < -0.4 is 4.74 Å². The molecule has 1 aromatic rings. The number of ether oxygens (including phenoxy) is 1. The van der Waals surface area contributed by atoms with Gasteiger partial charge >= 0.3 is 12.1 Å². The first-order valence-corrected chi connectivity index (χ1v) is 4.73. The zero-order valence-electron chi connectivity index (χ0n) is 8.89. The Balaban J connectivity index is 3.32. The van der Waals surface area contributed by atoms with E-state index in [1.54, 1.807) is 6.92 Å². The zero-order valence-corrected chi connectivity index (χ0v) is 8.89. The van der Waals surface area contributed by atoms with Crippen molar-refractivity contribution in [2.24, 2.45) is 0 Å². The van der Waals surface area contributed by atoms with Gasteiger partial charge in [-0.2, -0.15) is 13.2 Å². The fourth-order valence-electron chi connectivity index (χ4n) is 1.43. The number of hydrogen-bond donors (Lipinski definition) is 0. The Kier molecular flexibility index (Phi) is 3.57. The minimum absolute atomic E-state index is 0.117. The first-order valence-electron chi connectivity index (χ1n) is 4.73. The molecule has 0 aliphatic heterocycles. The first-order chi connectivity index (χ1) is 7.36. The van der Waals surface area contributed by atoms with Crippen LogP contribution in [0.1, 0.15) is 25.0 Å². The lowest BCUT2D eigenvalue weighted by molar-refractivity contribution is -0.142. The van der Waals surface area contributed by atoms with Crippen molar-refractivity contribution in [3.8, 4) is 5.75 Å². The number of halogens is 3. The largest absolute Gasteiger partial charge is 0.426 e. The van der Waals surface area contributed by atoms with Crippen LogP contribution in [0.15, 0.2) is 18.2 Å². The standard InChI is InChI=1S/C11H11F3O2/c1-3-8-5-4-6-9(16-7(2)15)10(8)11(12,13)14/h4-6H,3H2,1-2H3. The number of aryl methyl sites for hydroxylation is 1. The predicted molar refractivity (Wildman–Crippen MR) is 52.1 cm³/mol. The summed E-state index contributed by atoms with van der Waals surface area (Å²) >= 11 is 0. The van der Waals surface area contributed by atoms with E-state index >= 15 is 0 Å². The summed E-state index contributed by atoms with van der Waals surface area (Å²) in [5.74, 6) is -1.20. The molecule has 1 rings (SSSR count). The van der Waals surface area contributed by atoms with E-state index in [-0.39, 0.29) is 12.0 Å². The lowest BCUT2D eigenvalue weighted by Gasteiger charge is -2.15. The van der Waals surface area contributed by atoms with Gasteiger partial charge in [-0.1, -0.05) is 19.1 Å². The van der Waals surface area contributed by atoms with Gasteiger partial charge in [-0.25, -0.2) is 0 Å². The minimum Gasteiger partial charge on any atom is -0.426 e. The molecule has 0 aromatic heterocycles. The number of esters is 1. The van der Waals surface area contributed by atoms with Crippen molar-refractivity contribution in [3.05, 3.63) is 29.3 Å². The number of alkyl halides is 3. The third-order valence-electron chi connectivity index (χ3n) is 2.03. The molecular weight excluding hydrogens is 221 g/mol. The van der Waals surface area contributed by atoms with Gasteiger partial charge in [0.1, 0.15) is 11.3 Å². The van der Waals surface area contributed by atoms with Gasteiger partial charge in [0.2, 0.25) is 0 Å². The van der Waals surface area contributed by atoms with Gasteiger partial charge in [0.05, 0.1) is 0 Å². The monoisotopic (exact) mass is 232 g/mol. The van der Waals surface area contributed by atoms with Crippen LogP contribution in [-0.4, -0.2) is 5.97 Å². The van der Waals surface area contributed by atoms with Crippen LogP contribution in [0, 0.1) is 0 Å². The lowest BCUT2D eigenvalue weighted by Crippen LogP contribution is -2.13. The molecule has 0 amide bonds. The highest BCUT2D eigenvalue weighted by molar-refractivity contribution is 5.70. The van der Waals surface area contributed by atoms with E-state index in [0.717, 1.165) is 13.0 Å². The van der Waals surface area contributed by atoms with Gasteiger partial charge < -0.3 is 4.74 Å². The van der Waals surface area contributed by atoms with Gasteiger partial charge in [-0.3, -0.25) is 4.79 Å². The van der Waals surface area contributed by atoms with Crippen molar-refractivity contribution in [1.29, 1.82) is 0 Å². The van der Waals surface area contributed by atoms with Crippen molar-refractivity contribution in [1.82, 2.24) is 0 Å². The molecule has 0 bridgehead atoms. The van der Waals surface area contributed by atoms with Gasteiger partial charge in [0.15, 0.2) is 0 Å². The van der Waals surface area contributed by atoms with Crippen LogP contribution in [0.2, 0.25) is 0 Å². The summed E-state index contributed by atoms with van der Waals surface area (Å²) in [5.41, 5.74) is -0.751. The topological polar surface area (TPSA) is 26.3 Å². The second-order valence-electron chi connectivity index (χ2n) is 3.24. The van der Waals surface area contributed by atoms with Crippen molar-refractivity contribution in [2.75, 3.05) is 0 Å². The minimum atomic E-state index is -4.52. The molecular formula is C11H11F3O2. The first kappa shape index (κ1) is 12.5. The maximum atomic E-state index is 12.8. The van der Waals surface area contributed by atoms with E-state index in [1.807, 2.05) is 0 Å². The molecule has 1 aromatic carbocycles. The molecule has 5 heteroatoms. The third kappa shape index (κ3) is 2.74. The van der Waals surface area contributed by atoms with Gasteiger partial charge in [0, 0.05) is 6.92 Å². The molecule has 88 valence electrons. The molecule has 0 spiro atoms. The number of hydrogen-bond acceptors (Lipinski definition) is 2. The Labute approximate surface area is 91.0 Å². The van der Waals surface area contributed by atoms with Crippen LogP contribution >= 0.6 is 0 Å². The Morgan fingerprint density at radius 1 is 1.38 bits per heavy atom. The molecule has 0 radical (unpaired) electrons. The molecule has 0 saturated carbocycles. The highest BCUT2D eigenvalue weighted by Gasteiger charge is 2.36. The van der Waals surface area contributed by atoms with E-state index in [4.69, 9.17) is 0 Å². The number of carbonyl (C=O) groups excluding carboxylic acids is 1.